The minimum atomic E-state index is -2.51. The van der Waals surface area contributed by atoms with Crippen LogP contribution in [-0.4, -0.2) is 25.6 Å². The Morgan fingerprint density at radius 3 is 2.83 bits per heavy atom. The molecule has 2 rings (SSSR count). The molecule has 0 spiro atoms. The highest BCUT2D eigenvalue weighted by Crippen LogP contribution is 2.14. The summed E-state index contributed by atoms with van der Waals surface area (Å²) in [5, 5.41) is 7.49. The molecule has 2 amide bonds. The lowest BCUT2D eigenvalue weighted by Gasteiger charge is -2.09. The number of carbonyl (C=O) groups excluding carboxylic acids is 1. The van der Waals surface area contributed by atoms with Crippen molar-refractivity contribution in [3.8, 4) is 5.75 Å². The van der Waals surface area contributed by atoms with Gasteiger partial charge in [-0.15, -0.1) is 11.3 Å². The summed E-state index contributed by atoms with van der Waals surface area (Å²) >= 11 is 1.65. The van der Waals surface area contributed by atoms with Crippen molar-refractivity contribution in [2.75, 3.05) is 13.2 Å². The van der Waals surface area contributed by atoms with Gasteiger partial charge < -0.3 is 15.4 Å². The van der Waals surface area contributed by atoms with E-state index in [0.717, 1.165) is 12.0 Å². The Morgan fingerprint density at radius 2 is 2.09 bits per heavy atom. The summed E-state index contributed by atoms with van der Waals surface area (Å²) in [6, 6.07) is 10.5. The van der Waals surface area contributed by atoms with E-state index in [2.05, 4.69) is 10.6 Å². The normalized spacial score (nSPS) is 10.6. The van der Waals surface area contributed by atoms with Gasteiger partial charge in [-0.1, -0.05) is 18.2 Å². The van der Waals surface area contributed by atoms with E-state index in [9.17, 15) is 13.6 Å². The number of rotatable bonds is 8. The Labute approximate surface area is 137 Å². The van der Waals surface area contributed by atoms with Crippen LogP contribution in [0.5, 0.6) is 5.75 Å². The predicted octanol–water partition coefficient (Wildman–Crippen LogP) is 3.43. The van der Waals surface area contributed by atoms with Crippen LogP contribution in [0.15, 0.2) is 41.8 Å². The van der Waals surface area contributed by atoms with Gasteiger partial charge in [-0.3, -0.25) is 0 Å². The van der Waals surface area contributed by atoms with Gasteiger partial charge in [-0.2, -0.15) is 0 Å². The molecule has 0 atom stereocenters. The SMILES string of the molecule is O=C(NCCc1cccs1)NCc1cccc(OCC(F)F)c1. The van der Waals surface area contributed by atoms with E-state index in [1.54, 1.807) is 35.6 Å². The summed E-state index contributed by atoms with van der Waals surface area (Å²) in [5.41, 5.74) is 0.783. The van der Waals surface area contributed by atoms with Crippen molar-refractivity contribution in [3.05, 3.63) is 52.2 Å². The van der Waals surface area contributed by atoms with Gasteiger partial charge in [0.2, 0.25) is 0 Å². The first-order valence-electron chi connectivity index (χ1n) is 7.17. The molecule has 0 aliphatic heterocycles. The Hall–Kier alpha value is -2.15. The maximum atomic E-state index is 12.1. The van der Waals surface area contributed by atoms with Crippen LogP contribution in [-0.2, 0) is 13.0 Å². The van der Waals surface area contributed by atoms with Crippen molar-refractivity contribution in [3.63, 3.8) is 0 Å². The van der Waals surface area contributed by atoms with Gasteiger partial charge in [0.05, 0.1) is 0 Å². The van der Waals surface area contributed by atoms with Crippen molar-refractivity contribution in [2.45, 2.75) is 19.4 Å². The molecule has 2 N–H and O–H groups in total. The largest absolute Gasteiger partial charge is 0.488 e. The van der Waals surface area contributed by atoms with Crippen LogP contribution in [0.25, 0.3) is 0 Å². The number of halogens is 2. The number of nitrogens with one attached hydrogen (secondary N) is 2. The number of urea groups is 1. The molecule has 0 saturated carbocycles. The number of benzene rings is 1. The smallest absolute Gasteiger partial charge is 0.315 e. The molecule has 2 aromatic rings. The average Bonchev–Trinajstić information content (AvgIpc) is 3.05. The first kappa shape index (κ1) is 17.2. The summed E-state index contributed by atoms with van der Waals surface area (Å²) < 4.78 is 29.2. The number of ether oxygens (including phenoxy) is 1. The molecule has 0 aliphatic rings. The fourth-order valence-corrected chi connectivity index (χ4v) is 2.61. The molecule has 7 heteroatoms. The quantitative estimate of drug-likeness (QED) is 0.773. The monoisotopic (exact) mass is 340 g/mol. The molecule has 1 aromatic heterocycles. The summed E-state index contributed by atoms with van der Waals surface area (Å²) in [6.07, 6.45) is -1.71. The standard InChI is InChI=1S/C16H18F2N2O2S/c17-15(18)11-22-13-4-1-3-12(9-13)10-20-16(21)19-7-6-14-5-2-8-23-14/h1-5,8-9,15H,6-7,10-11H2,(H2,19,20,21). The van der Waals surface area contributed by atoms with E-state index >= 15 is 0 Å². The van der Waals surface area contributed by atoms with E-state index < -0.39 is 13.0 Å². The number of hydrogen-bond donors (Lipinski definition) is 2. The third-order valence-electron chi connectivity index (χ3n) is 2.96. The van der Waals surface area contributed by atoms with Crippen LogP contribution in [0.1, 0.15) is 10.4 Å². The molecular formula is C16H18F2N2O2S. The molecule has 0 saturated heterocycles. The lowest BCUT2D eigenvalue weighted by atomic mass is 10.2. The van der Waals surface area contributed by atoms with Crippen LogP contribution < -0.4 is 15.4 Å². The van der Waals surface area contributed by atoms with Gasteiger partial charge in [0.25, 0.3) is 6.43 Å². The van der Waals surface area contributed by atoms with E-state index in [-0.39, 0.29) is 6.03 Å². The molecule has 0 fully saturated rings. The average molecular weight is 340 g/mol. The minimum Gasteiger partial charge on any atom is -0.488 e. The van der Waals surface area contributed by atoms with Gasteiger partial charge in [0.15, 0.2) is 0 Å². The number of alkyl halides is 2. The Morgan fingerprint density at radius 1 is 1.22 bits per heavy atom. The van der Waals surface area contributed by atoms with Gasteiger partial charge >= 0.3 is 6.03 Å². The molecule has 0 bridgehead atoms. The highest BCUT2D eigenvalue weighted by Gasteiger charge is 2.05. The molecule has 0 radical (unpaired) electrons. The van der Waals surface area contributed by atoms with Gasteiger partial charge in [-0.05, 0) is 35.6 Å². The zero-order chi connectivity index (χ0) is 16.5. The third kappa shape index (κ3) is 6.65. The molecule has 0 unspecified atom stereocenters. The second-order valence-electron chi connectivity index (χ2n) is 4.79. The number of thiophene rings is 1. The first-order valence-corrected chi connectivity index (χ1v) is 8.05. The van der Waals surface area contributed by atoms with Crippen molar-refractivity contribution < 1.29 is 18.3 Å². The fourth-order valence-electron chi connectivity index (χ4n) is 1.90. The molecule has 124 valence electrons. The van der Waals surface area contributed by atoms with Crippen LogP contribution in [0, 0.1) is 0 Å². The van der Waals surface area contributed by atoms with Gasteiger partial charge in [-0.25, -0.2) is 13.6 Å². The summed E-state index contributed by atoms with van der Waals surface area (Å²) in [6.45, 7) is 0.223. The number of carbonyl (C=O) groups is 1. The highest BCUT2D eigenvalue weighted by atomic mass is 32.1. The van der Waals surface area contributed by atoms with E-state index in [1.807, 2.05) is 17.5 Å². The first-order chi connectivity index (χ1) is 11.1. The van der Waals surface area contributed by atoms with Crippen LogP contribution >= 0.6 is 11.3 Å². The maximum absolute atomic E-state index is 12.1. The predicted molar refractivity (Wildman–Crippen MR) is 86.2 cm³/mol. The van der Waals surface area contributed by atoms with Gasteiger partial charge in [0, 0.05) is 18.0 Å². The second kappa shape index (κ2) is 9.09. The number of hydrogen-bond acceptors (Lipinski definition) is 3. The van der Waals surface area contributed by atoms with Crippen molar-refractivity contribution in [1.29, 1.82) is 0 Å². The molecule has 0 aliphatic carbocycles. The van der Waals surface area contributed by atoms with Crippen LogP contribution in [0.4, 0.5) is 13.6 Å². The molecular weight excluding hydrogens is 322 g/mol. The van der Waals surface area contributed by atoms with E-state index in [1.165, 1.54) is 4.88 Å². The highest BCUT2D eigenvalue weighted by molar-refractivity contribution is 7.09. The zero-order valence-electron chi connectivity index (χ0n) is 12.4. The van der Waals surface area contributed by atoms with Crippen molar-refractivity contribution in [2.24, 2.45) is 0 Å². The Balaban J connectivity index is 1.70. The lowest BCUT2D eigenvalue weighted by molar-refractivity contribution is 0.0818. The summed E-state index contributed by atoms with van der Waals surface area (Å²) in [7, 11) is 0. The molecule has 1 heterocycles. The number of amides is 2. The summed E-state index contributed by atoms with van der Waals surface area (Å²) in [5.74, 6) is 0.364. The Kier molecular flexibility index (Phi) is 6.80. The fraction of sp³-hybridized carbons (Fsp3) is 0.312. The van der Waals surface area contributed by atoms with Gasteiger partial charge in [0.1, 0.15) is 12.4 Å². The molecule has 4 nitrogen and oxygen atoms in total. The van der Waals surface area contributed by atoms with E-state index in [0.29, 0.717) is 18.8 Å². The maximum Gasteiger partial charge on any atom is 0.315 e. The topological polar surface area (TPSA) is 50.4 Å². The third-order valence-corrected chi connectivity index (χ3v) is 3.90. The molecule has 1 aromatic carbocycles. The summed E-state index contributed by atoms with van der Waals surface area (Å²) in [4.78, 5) is 12.9. The van der Waals surface area contributed by atoms with Crippen molar-refractivity contribution in [1.82, 2.24) is 10.6 Å². The lowest BCUT2D eigenvalue weighted by Crippen LogP contribution is -2.36. The second-order valence-corrected chi connectivity index (χ2v) is 5.82. The molecule has 23 heavy (non-hydrogen) atoms. The van der Waals surface area contributed by atoms with E-state index in [4.69, 9.17) is 4.74 Å². The Bertz CT molecular complexity index is 606. The zero-order valence-corrected chi connectivity index (χ0v) is 13.2. The van der Waals surface area contributed by atoms with Crippen LogP contribution in [0.3, 0.4) is 0 Å². The minimum absolute atomic E-state index is 0.263. The van der Waals surface area contributed by atoms with Crippen molar-refractivity contribution >= 4 is 17.4 Å². The van der Waals surface area contributed by atoms with Crippen LogP contribution in [0.2, 0.25) is 0 Å².